The number of aryl methyl sites for hydroxylation is 1. The van der Waals surface area contributed by atoms with Crippen LogP contribution in [0.1, 0.15) is 77.7 Å². The molecule has 280 valence electrons. The number of ether oxygens (including phenoxy) is 2. The van der Waals surface area contributed by atoms with E-state index in [2.05, 4.69) is 15.4 Å². The van der Waals surface area contributed by atoms with Crippen LogP contribution in [0.25, 0.3) is 10.8 Å². The van der Waals surface area contributed by atoms with E-state index in [1.54, 1.807) is 6.92 Å². The minimum atomic E-state index is -4.00. The Kier molecular flexibility index (Phi) is 9.37. The lowest BCUT2D eigenvalue weighted by Crippen LogP contribution is -2.59. The van der Waals surface area contributed by atoms with Crippen LogP contribution in [0.3, 0.4) is 0 Å². The molecule has 1 saturated heterocycles. The summed E-state index contributed by atoms with van der Waals surface area (Å²) in [7, 11) is -4.00. The van der Waals surface area contributed by atoms with Gasteiger partial charge in [-0.05, 0) is 81.6 Å². The van der Waals surface area contributed by atoms with Crippen molar-refractivity contribution >= 4 is 44.6 Å². The average Bonchev–Trinajstić information content (AvgIpc) is 3.98. The van der Waals surface area contributed by atoms with Gasteiger partial charge in [0.15, 0.2) is 0 Å². The molecule has 7 atom stereocenters. The molecule has 1 aromatic carbocycles. The predicted molar refractivity (Wildman–Crippen MR) is 190 cm³/mol. The molecular formula is C37H47N5O9S. The van der Waals surface area contributed by atoms with Crippen molar-refractivity contribution in [3.05, 3.63) is 42.0 Å². The summed E-state index contributed by atoms with van der Waals surface area (Å²) in [6, 6.07) is 5.37. The van der Waals surface area contributed by atoms with Gasteiger partial charge in [-0.1, -0.05) is 44.2 Å². The summed E-state index contributed by atoms with van der Waals surface area (Å²) in [5.41, 5.74) is -0.548. The van der Waals surface area contributed by atoms with Gasteiger partial charge in [0.1, 0.15) is 23.7 Å². The van der Waals surface area contributed by atoms with E-state index < -0.39 is 74.1 Å². The van der Waals surface area contributed by atoms with Crippen LogP contribution >= 0.6 is 0 Å². The highest BCUT2D eigenvalue weighted by molar-refractivity contribution is 7.91. The maximum absolute atomic E-state index is 14.4. The molecule has 2 aliphatic carbocycles. The normalized spacial score (nSPS) is 31.4. The zero-order valence-corrected chi connectivity index (χ0v) is 30.5. The van der Waals surface area contributed by atoms with Crippen LogP contribution < -0.4 is 24.8 Å². The molecule has 3 aliphatic heterocycles. The van der Waals surface area contributed by atoms with Gasteiger partial charge in [-0.3, -0.25) is 19.1 Å². The number of nitrogens with zero attached hydrogens (tertiary/aromatic N) is 2. The highest BCUT2D eigenvalue weighted by Crippen LogP contribution is 2.48. The first-order valence-corrected chi connectivity index (χ1v) is 19.8. The zero-order chi connectivity index (χ0) is 37.0. The van der Waals surface area contributed by atoms with E-state index in [4.69, 9.17) is 14.5 Å². The number of benzene rings is 1. The summed E-state index contributed by atoms with van der Waals surface area (Å²) >= 11 is 0. The summed E-state index contributed by atoms with van der Waals surface area (Å²) in [6.45, 7) is 5.90. The second-order valence-corrected chi connectivity index (χ2v) is 17.8. The molecule has 4 amide bonds. The first-order valence-electron chi connectivity index (χ1n) is 18.3. The Hall–Kier alpha value is -4.40. The summed E-state index contributed by atoms with van der Waals surface area (Å²) < 4.78 is 39.9. The van der Waals surface area contributed by atoms with Crippen molar-refractivity contribution in [3.63, 3.8) is 0 Å². The van der Waals surface area contributed by atoms with Crippen LogP contribution in [0.4, 0.5) is 4.79 Å². The van der Waals surface area contributed by atoms with Crippen LogP contribution in [0, 0.1) is 17.8 Å². The van der Waals surface area contributed by atoms with Crippen LogP contribution in [0.2, 0.25) is 0 Å². The van der Waals surface area contributed by atoms with Crippen molar-refractivity contribution in [1.82, 2.24) is 25.2 Å². The molecular weight excluding hydrogens is 691 g/mol. The highest BCUT2D eigenvalue weighted by atomic mass is 32.2. The Labute approximate surface area is 303 Å². The van der Waals surface area contributed by atoms with E-state index in [0.717, 1.165) is 35.6 Å². The van der Waals surface area contributed by atoms with Gasteiger partial charge in [-0.2, -0.15) is 4.98 Å². The predicted octanol–water partition coefficient (Wildman–Crippen LogP) is 3.43. The van der Waals surface area contributed by atoms with E-state index in [0.29, 0.717) is 44.1 Å². The lowest BCUT2D eigenvalue weighted by molar-refractivity contribution is -0.142. The Morgan fingerprint density at radius 2 is 1.88 bits per heavy atom. The van der Waals surface area contributed by atoms with Gasteiger partial charge in [-0.15, -0.1) is 0 Å². The number of carboxylic acid groups (broad SMARTS) is 1. The van der Waals surface area contributed by atoms with E-state index in [1.807, 2.05) is 50.3 Å². The smallest absolute Gasteiger partial charge is 0.405 e. The Morgan fingerprint density at radius 3 is 2.62 bits per heavy atom. The van der Waals surface area contributed by atoms with Gasteiger partial charge < -0.3 is 30.1 Å². The number of pyridine rings is 1. The Balaban J connectivity index is 1.23. The maximum Gasteiger partial charge on any atom is 0.405 e. The fraction of sp³-hybridized carbons (Fsp3) is 0.595. The van der Waals surface area contributed by atoms with Crippen molar-refractivity contribution in [3.8, 4) is 11.8 Å². The molecule has 2 saturated carbocycles. The van der Waals surface area contributed by atoms with E-state index >= 15 is 0 Å². The fourth-order valence-corrected chi connectivity index (χ4v) is 9.34. The van der Waals surface area contributed by atoms with Gasteiger partial charge in [0.25, 0.3) is 5.91 Å². The van der Waals surface area contributed by atoms with Crippen molar-refractivity contribution in [2.45, 2.75) is 107 Å². The largest absolute Gasteiger partial charge is 0.477 e. The van der Waals surface area contributed by atoms with Crippen LogP contribution in [-0.2, 0) is 30.8 Å². The second kappa shape index (κ2) is 13.5. The number of carbonyl (C=O) groups excluding carboxylic acids is 3. The van der Waals surface area contributed by atoms with Gasteiger partial charge in [0, 0.05) is 23.3 Å². The number of hydrogen-bond donors (Lipinski definition) is 4. The number of aromatic nitrogens is 1. The molecule has 0 radical (unpaired) electrons. The Morgan fingerprint density at radius 1 is 1.13 bits per heavy atom. The topological polar surface area (TPSA) is 193 Å². The number of fused-ring (bicyclic) bond motifs is 5. The molecule has 14 nitrogen and oxygen atoms in total. The van der Waals surface area contributed by atoms with Gasteiger partial charge in [0.05, 0.1) is 17.9 Å². The molecule has 4 heterocycles. The minimum absolute atomic E-state index is 0.0185. The third-order valence-corrected chi connectivity index (χ3v) is 13.7. The lowest BCUT2D eigenvalue weighted by Gasteiger charge is -2.32. The molecule has 3 fully saturated rings. The van der Waals surface area contributed by atoms with Crippen molar-refractivity contribution in [1.29, 1.82) is 0 Å². The number of allylic oxidation sites excluding steroid dienone is 1. The number of hydrogen-bond acceptors (Lipinski definition) is 9. The van der Waals surface area contributed by atoms with Gasteiger partial charge >= 0.3 is 6.09 Å². The standard InChI is InChI=1S/C37H47N5O9S/c1-21-9-4-5-10-23-19-37(23,34(45)41-52(48,49)36(3)14-15-36)40-30(43)28-18-24(20-42(28)33(44)29(22(2)17-21)38-35(46)47)51-32-27-12-7-6-11-25(27)26-13-8-16-50-31(26)39-32/h5-7,10-12,21-24,28-29,38H,4,8-9,13-20H2,1-3H3,(H,40,43)(H,41,45)(H,46,47)/t21-,22-,23-,24-,28+,29+,37-/m1/s1. The lowest BCUT2D eigenvalue weighted by atomic mass is 9.88. The summed E-state index contributed by atoms with van der Waals surface area (Å²) in [4.78, 5) is 60.7. The molecule has 5 aliphatic rings. The van der Waals surface area contributed by atoms with Gasteiger partial charge in [-0.25, -0.2) is 13.2 Å². The Bertz CT molecular complexity index is 1930. The fourth-order valence-electron chi connectivity index (χ4n) is 8.02. The van der Waals surface area contributed by atoms with Crippen molar-refractivity contribution in [2.24, 2.45) is 17.8 Å². The number of nitrogens with one attached hydrogen (secondary N) is 3. The van der Waals surface area contributed by atoms with Gasteiger partial charge in [0.2, 0.25) is 33.6 Å². The van der Waals surface area contributed by atoms with E-state index in [1.165, 1.54) is 4.90 Å². The molecule has 7 rings (SSSR count). The number of rotatable bonds is 6. The minimum Gasteiger partial charge on any atom is -0.477 e. The third-order valence-electron chi connectivity index (χ3n) is 11.6. The highest BCUT2D eigenvalue weighted by Gasteiger charge is 2.63. The molecule has 0 unspecified atom stereocenters. The molecule has 52 heavy (non-hydrogen) atoms. The zero-order valence-electron chi connectivity index (χ0n) is 29.7. The third kappa shape index (κ3) is 6.79. The number of sulfonamides is 1. The van der Waals surface area contributed by atoms with E-state index in [9.17, 15) is 32.7 Å². The molecule has 1 aromatic heterocycles. The molecule has 0 spiro atoms. The van der Waals surface area contributed by atoms with Crippen molar-refractivity contribution < 1.29 is 42.2 Å². The summed E-state index contributed by atoms with van der Waals surface area (Å²) in [5, 5.41) is 16.8. The number of carbonyl (C=O) groups is 4. The first kappa shape index (κ1) is 36.0. The molecule has 2 aromatic rings. The maximum atomic E-state index is 14.4. The van der Waals surface area contributed by atoms with Crippen LogP contribution in [0.5, 0.6) is 11.8 Å². The molecule has 4 N–H and O–H groups in total. The monoisotopic (exact) mass is 737 g/mol. The average molecular weight is 738 g/mol. The number of amides is 4. The second-order valence-electron chi connectivity index (χ2n) is 15.6. The van der Waals surface area contributed by atoms with Crippen molar-refractivity contribution in [2.75, 3.05) is 13.2 Å². The SMILES string of the molecule is C[C@@H]1CCC=C[C@@H]2C[C@@]2(C(=O)NS(=O)(=O)C2(C)CC2)NC(=O)[C@@H]2C[C@@H](Oc3nc4c(c5ccccc35)CCCO4)CN2C(=O)[C@@H](NC(=O)O)[C@H](C)C1. The first-order chi connectivity index (χ1) is 24.7. The van der Waals surface area contributed by atoms with E-state index in [-0.39, 0.29) is 25.3 Å². The molecule has 15 heteroatoms. The quantitative estimate of drug-likeness (QED) is 0.319. The van der Waals surface area contributed by atoms with Crippen LogP contribution in [0.15, 0.2) is 36.4 Å². The van der Waals surface area contributed by atoms with Crippen LogP contribution in [-0.4, -0.2) is 88.8 Å². The summed E-state index contributed by atoms with van der Waals surface area (Å²) in [6.07, 6.45) is 6.38. The summed E-state index contributed by atoms with van der Waals surface area (Å²) in [5.74, 6) is -2.01. The molecule has 0 bridgehead atoms.